The quantitative estimate of drug-likeness (QED) is 0.708. The highest BCUT2D eigenvalue weighted by atomic mass is 15.3. The topological polar surface area (TPSA) is 32.3 Å². The van der Waals surface area contributed by atoms with E-state index in [-0.39, 0.29) is 0 Å². The zero-order valence-corrected chi connectivity index (χ0v) is 9.76. The lowest BCUT2D eigenvalue weighted by Gasteiger charge is -2.35. The number of hydrogen-bond donors (Lipinski definition) is 0. The van der Waals surface area contributed by atoms with Crippen molar-refractivity contribution in [1.29, 1.82) is 0 Å². The molecule has 0 saturated carbocycles. The van der Waals surface area contributed by atoms with Gasteiger partial charge in [-0.2, -0.15) is 0 Å². The smallest absolute Gasteiger partial charge is 0.147 e. The monoisotopic (exact) mass is 218 g/mol. The first-order valence-electron chi connectivity index (χ1n) is 6.02. The third-order valence-electron chi connectivity index (χ3n) is 3.95. The summed E-state index contributed by atoms with van der Waals surface area (Å²) >= 11 is 0. The molecule has 0 amide bonds. The van der Waals surface area contributed by atoms with Crippen molar-refractivity contribution in [1.82, 2.24) is 14.9 Å². The molecule has 0 radical (unpaired) electrons. The molecule has 16 heavy (non-hydrogen) atoms. The van der Waals surface area contributed by atoms with Gasteiger partial charge in [0.25, 0.3) is 0 Å². The van der Waals surface area contributed by atoms with E-state index in [1.807, 2.05) is 6.20 Å². The summed E-state index contributed by atoms with van der Waals surface area (Å²) in [5.41, 5.74) is 0.338. The average Bonchev–Trinajstić information content (AvgIpc) is 2.88. The fourth-order valence-electron chi connectivity index (χ4n) is 3.21. The van der Waals surface area contributed by atoms with Crippen LogP contribution in [0.2, 0.25) is 0 Å². The summed E-state index contributed by atoms with van der Waals surface area (Å²) in [6.45, 7) is 3.51. The van der Waals surface area contributed by atoms with Crippen molar-refractivity contribution >= 4 is 5.82 Å². The van der Waals surface area contributed by atoms with Crippen molar-refractivity contribution in [3.63, 3.8) is 0 Å². The largest absolute Gasteiger partial charge is 0.348 e. The van der Waals surface area contributed by atoms with Gasteiger partial charge in [-0.3, -0.25) is 4.98 Å². The lowest BCUT2D eigenvalue weighted by atomic mass is 9.95. The summed E-state index contributed by atoms with van der Waals surface area (Å²) in [6.07, 6.45) is 9.27. The van der Waals surface area contributed by atoms with Crippen LogP contribution in [0.15, 0.2) is 18.6 Å². The van der Waals surface area contributed by atoms with E-state index in [2.05, 4.69) is 26.8 Å². The summed E-state index contributed by atoms with van der Waals surface area (Å²) in [5.74, 6) is 1.05. The van der Waals surface area contributed by atoms with Crippen LogP contribution in [-0.2, 0) is 0 Å². The molecule has 0 aliphatic carbocycles. The predicted octanol–water partition coefficient (Wildman–Crippen LogP) is 1.15. The lowest BCUT2D eigenvalue weighted by molar-refractivity contribution is 0.367. The van der Waals surface area contributed by atoms with Gasteiger partial charge in [-0.15, -0.1) is 0 Å². The van der Waals surface area contributed by atoms with Crippen LogP contribution in [0.3, 0.4) is 0 Å². The molecule has 4 nitrogen and oxygen atoms in total. The molecule has 1 aromatic heterocycles. The fraction of sp³-hybridized carbons (Fsp3) is 0.667. The van der Waals surface area contributed by atoms with Gasteiger partial charge < -0.3 is 9.80 Å². The molecule has 4 heteroatoms. The Balaban J connectivity index is 1.90. The van der Waals surface area contributed by atoms with Crippen molar-refractivity contribution in [2.24, 2.45) is 0 Å². The van der Waals surface area contributed by atoms with E-state index in [9.17, 15) is 0 Å². The van der Waals surface area contributed by atoms with E-state index in [0.29, 0.717) is 5.54 Å². The minimum absolute atomic E-state index is 0.338. The molecular weight excluding hydrogens is 200 g/mol. The third kappa shape index (κ3) is 1.48. The van der Waals surface area contributed by atoms with Gasteiger partial charge in [0.1, 0.15) is 5.82 Å². The van der Waals surface area contributed by atoms with E-state index in [1.54, 1.807) is 12.4 Å². The van der Waals surface area contributed by atoms with Crippen LogP contribution in [0, 0.1) is 0 Å². The van der Waals surface area contributed by atoms with Gasteiger partial charge >= 0.3 is 0 Å². The Morgan fingerprint density at radius 2 is 2.19 bits per heavy atom. The molecule has 3 heterocycles. The number of aromatic nitrogens is 2. The molecule has 1 atom stereocenters. The minimum Gasteiger partial charge on any atom is -0.348 e. The van der Waals surface area contributed by atoms with E-state index in [0.717, 1.165) is 12.4 Å². The molecule has 2 fully saturated rings. The summed E-state index contributed by atoms with van der Waals surface area (Å²) in [6, 6.07) is 0. The van der Waals surface area contributed by atoms with Gasteiger partial charge in [0.05, 0.1) is 11.7 Å². The molecule has 2 aliphatic rings. The molecule has 2 aliphatic heterocycles. The van der Waals surface area contributed by atoms with Gasteiger partial charge in [0.2, 0.25) is 0 Å². The van der Waals surface area contributed by atoms with Crippen molar-refractivity contribution in [3.8, 4) is 0 Å². The van der Waals surface area contributed by atoms with Crippen LogP contribution in [0.4, 0.5) is 5.82 Å². The molecule has 0 N–H and O–H groups in total. The number of likely N-dealkylation sites (tertiary alicyclic amines) is 1. The lowest BCUT2D eigenvalue weighted by Crippen LogP contribution is -2.46. The molecule has 1 aromatic rings. The fourth-order valence-corrected chi connectivity index (χ4v) is 3.21. The average molecular weight is 218 g/mol. The molecule has 3 rings (SSSR count). The first-order chi connectivity index (χ1) is 7.80. The molecule has 86 valence electrons. The van der Waals surface area contributed by atoms with Crippen LogP contribution in [-0.4, -0.2) is 47.1 Å². The van der Waals surface area contributed by atoms with Gasteiger partial charge in [0, 0.05) is 32.0 Å². The van der Waals surface area contributed by atoms with Crippen molar-refractivity contribution in [2.75, 3.05) is 31.6 Å². The second kappa shape index (κ2) is 3.70. The first kappa shape index (κ1) is 10.0. The molecule has 0 aromatic carbocycles. The van der Waals surface area contributed by atoms with Crippen LogP contribution in [0.1, 0.15) is 19.3 Å². The number of likely N-dealkylation sites (N-methyl/N-ethyl adjacent to an activating group) is 1. The third-order valence-corrected chi connectivity index (χ3v) is 3.95. The number of anilines is 1. The standard InChI is InChI=1S/C12H18N4/c1-15-8-4-12(10-15)3-2-7-16(12)11-9-13-5-6-14-11/h5-6,9H,2-4,7-8,10H2,1H3. The Morgan fingerprint density at radius 1 is 1.25 bits per heavy atom. The van der Waals surface area contributed by atoms with Gasteiger partial charge in [-0.25, -0.2) is 4.98 Å². The van der Waals surface area contributed by atoms with Crippen LogP contribution >= 0.6 is 0 Å². The normalized spacial score (nSPS) is 30.4. The first-order valence-corrected chi connectivity index (χ1v) is 6.02. The minimum atomic E-state index is 0.338. The van der Waals surface area contributed by atoms with Crippen LogP contribution < -0.4 is 4.90 Å². The Bertz CT molecular complexity index is 367. The Hall–Kier alpha value is -1.16. The highest BCUT2D eigenvalue weighted by Gasteiger charge is 2.45. The van der Waals surface area contributed by atoms with Gasteiger partial charge in [0.15, 0.2) is 0 Å². The molecule has 1 unspecified atom stereocenters. The van der Waals surface area contributed by atoms with Crippen LogP contribution in [0.25, 0.3) is 0 Å². The van der Waals surface area contributed by atoms with Crippen molar-refractivity contribution in [2.45, 2.75) is 24.8 Å². The zero-order valence-electron chi connectivity index (χ0n) is 9.76. The number of rotatable bonds is 1. The molecule has 2 saturated heterocycles. The maximum absolute atomic E-state index is 4.45. The van der Waals surface area contributed by atoms with Crippen LogP contribution in [0.5, 0.6) is 0 Å². The summed E-state index contributed by atoms with van der Waals surface area (Å²) in [4.78, 5) is 13.5. The maximum Gasteiger partial charge on any atom is 0.147 e. The summed E-state index contributed by atoms with van der Waals surface area (Å²) < 4.78 is 0. The molecular formula is C12H18N4. The Kier molecular flexibility index (Phi) is 2.32. The summed E-state index contributed by atoms with van der Waals surface area (Å²) in [7, 11) is 2.21. The zero-order chi connectivity index (χ0) is 11.0. The molecule has 1 spiro atoms. The number of nitrogens with zero attached hydrogens (tertiary/aromatic N) is 4. The Labute approximate surface area is 96.3 Å². The van der Waals surface area contributed by atoms with Gasteiger partial charge in [-0.05, 0) is 26.3 Å². The molecule has 0 bridgehead atoms. The van der Waals surface area contributed by atoms with E-state index >= 15 is 0 Å². The SMILES string of the molecule is CN1CCC2(CCCN2c2cnccn2)C1. The van der Waals surface area contributed by atoms with Crippen molar-refractivity contribution in [3.05, 3.63) is 18.6 Å². The maximum atomic E-state index is 4.45. The predicted molar refractivity (Wildman–Crippen MR) is 63.5 cm³/mol. The number of hydrogen-bond acceptors (Lipinski definition) is 4. The van der Waals surface area contributed by atoms with E-state index in [4.69, 9.17) is 0 Å². The van der Waals surface area contributed by atoms with Gasteiger partial charge in [-0.1, -0.05) is 0 Å². The van der Waals surface area contributed by atoms with E-state index in [1.165, 1.54) is 32.4 Å². The second-order valence-corrected chi connectivity index (χ2v) is 5.03. The second-order valence-electron chi connectivity index (χ2n) is 5.03. The summed E-state index contributed by atoms with van der Waals surface area (Å²) in [5, 5.41) is 0. The highest BCUT2D eigenvalue weighted by molar-refractivity contribution is 5.42. The Morgan fingerprint density at radius 3 is 2.88 bits per heavy atom. The highest BCUT2D eigenvalue weighted by Crippen LogP contribution is 2.39. The van der Waals surface area contributed by atoms with E-state index < -0.39 is 0 Å². The van der Waals surface area contributed by atoms with Crippen molar-refractivity contribution < 1.29 is 0 Å².